The summed E-state index contributed by atoms with van der Waals surface area (Å²) in [7, 11) is 0. The molecule has 10 aromatic carbocycles. The molecule has 3 heteroatoms. The summed E-state index contributed by atoms with van der Waals surface area (Å²) >= 11 is 0. The van der Waals surface area contributed by atoms with Gasteiger partial charge >= 0.3 is 0 Å². The van der Waals surface area contributed by atoms with E-state index in [4.69, 9.17) is 13.3 Å². The molecule has 3 nitrogen and oxygen atoms in total. The number of hydrogen-bond donors (Lipinski definition) is 0. The van der Waals surface area contributed by atoms with Crippen LogP contribution in [0.5, 0.6) is 0 Å². The Morgan fingerprint density at radius 1 is 0.304 bits per heavy atom. The minimum absolute atomic E-state index is 0.908. The van der Waals surface area contributed by atoms with Crippen LogP contribution < -0.4 is 0 Å². The highest BCUT2D eigenvalue weighted by molar-refractivity contribution is 6.10. The molecule has 0 spiro atoms. The quantitative estimate of drug-likeness (QED) is 0.160. The van der Waals surface area contributed by atoms with Crippen LogP contribution in [0.1, 0.15) is 17.7 Å². The van der Waals surface area contributed by atoms with Gasteiger partial charge in [-0.25, -0.2) is 0 Å². The third kappa shape index (κ3) is 6.65. The third-order valence-corrected chi connectivity index (χ3v) is 14.2. The van der Waals surface area contributed by atoms with Crippen LogP contribution in [0.3, 0.4) is 0 Å². The molecule has 0 amide bonds. The SMILES string of the molecule is C1=Cc2oc3ccc(-c4ccc(-c5cccc(-c6ccc7oc8ccccc8c7c6)c5)cc4)c(-c4ccc(-c5cccc(-c6ccc(-c7cccc8c7oc7ccccc78)cc6)c5)cc4)c3c2CC1. The van der Waals surface area contributed by atoms with Crippen LogP contribution in [-0.4, -0.2) is 0 Å². The maximum atomic E-state index is 6.52. The van der Waals surface area contributed by atoms with Gasteiger partial charge in [0.05, 0.1) is 0 Å². The number of furan rings is 3. The maximum Gasteiger partial charge on any atom is 0.143 e. The number of fused-ring (bicyclic) bond motifs is 9. The Bertz CT molecular complexity index is 4160. The average Bonchev–Trinajstić information content (AvgIpc) is 4.12. The number of allylic oxidation sites excluding steroid dienone is 1. The van der Waals surface area contributed by atoms with E-state index in [1.165, 1.54) is 77.7 Å². The zero-order valence-electron chi connectivity index (χ0n) is 37.6. The smallest absolute Gasteiger partial charge is 0.143 e. The normalized spacial score (nSPS) is 12.5. The van der Waals surface area contributed by atoms with E-state index < -0.39 is 0 Å². The molecule has 3 aromatic heterocycles. The van der Waals surface area contributed by atoms with Gasteiger partial charge in [-0.05, 0) is 128 Å². The van der Waals surface area contributed by atoms with E-state index in [0.29, 0.717) is 0 Å². The highest BCUT2D eigenvalue weighted by Gasteiger charge is 2.22. The molecule has 0 saturated carbocycles. The predicted octanol–water partition coefficient (Wildman–Crippen LogP) is 18.9. The van der Waals surface area contributed by atoms with Crippen LogP contribution in [0.2, 0.25) is 0 Å². The van der Waals surface area contributed by atoms with Gasteiger partial charge in [-0.15, -0.1) is 0 Å². The topological polar surface area (TPSA) is 39.4 Å². The van der Waals surface area contributed by atoms with E-state index >= 15 is 0 Å². The molecule has 0 fully saturated rings. The summed E-state index contributed by atoms with van der Waals surface area (Å²) in [6.45, 7) is 0. The van der Waals surface area contributed by atoms with Crippen LogP contribution in [0.25, 0.3) is 139 Å². The molecule has 69 heavy (non-hydrogen) atoms. The average molecular weight is 883 g/mol. The Morgan fingerprint density at radius 3 is 1.48 bits per heavy atom. The Hall–Kier alpha value is -8.92. The lowest BCUT2D eigenvalue weighted by Gasteiger charge is -2.15. The van der Waals surface area contributed by atoms with Crippen molar-refractivity contribution in [1.29, 1.82) is 0 Å². The number of benzene rings is 10. The van der Waals surface area contributed by atoms with Crippen molar-refractivity contribution in [1.82, 2.24) is 0 Å². The van der Waals surface area contributed by atoms with Gasteiger partial charge in [0.15, 0.2) is 0 Å². The molecule has 0 N–H and O–H groups in total. The van der Waals surface area contributed by atoms with E-state index in [2.05, 4.69) is 206 Å². The molecular formula is C66H42O3. The molecule has 1 aliphatic rings. The van der Waals surface area contributed by atoms with Crippen LogP contribution in [0.15, 0.2) is 238 Å². The Morgan fingerprint density at radius 2 is 0.797 bits per heavy atom. The molecule has 0 aliphatic heterocycles. The molecule has 3 heterocycles. The first-order valence-corrected chi connectivity index (χ1v) is 23.8. The summed E-state index contributed by atoms with van der Waals surface area (Å²) in [5.74, 6) is 0.970. The lowest BCUT2D eigenvalue weighted by Crippen LogP contribution is -1.93. The highest BCUT2D eigenvalue weighted by atomic mass is 16.3. The van der Waals surface area contributed by atoms with E-state index in [1.54, 1.807) is 0 Å². The van der Waals surface area contributed by atoms with Crippen molar-refractivity contribution in [2.75, 3.05) is 0 Å². The minimum atomic E-state index is 0.908. The molecule has 0 bridgehead atoms. The van der Waals surface area contributed by atoms with Crippen LogP contribution in [0.4, 0.5) is 0 Å². The monoisotopic (exact) mass is 882 g/mol. The molecule has 0 atom stereocenters. The van der Waals surface area contributed by atoms with Crippen molar-refractivity contribution in [3.63, 3.8) is 0 Å². The van der Waals surface area contributed by atoms with Crippen molar-refractivity contribution in [3.8, 4) is 77.9 Å². The van der Waals surface area contributed by atoms with E-state index in [9.17, 15) is 0 Å². The standard InChI is InChI=1S/C66H42O3/c1-5-20-60-54(14-1)56-18-9-17-53(66(56)69-60)45-30-24-42(25-31-45)47-10-7-11-48(38-47)43-26-32-46(33-27-43)64-52(35-37-63-65(64)57-16-3-6-21-61(57)68-63)44-28-22-41(23-29-44)49-12-8-13-50(39-49)51-34-36-62-58(40-51)55-15-2-4-19-59(55)67-62/h1-2,4-15,17-40H,3,16H2. The zero-order valence-corrected chi connectivity index (χ0v) is 37.6. The van der Waals surface area contributed by atoms with Crippen LogP contribution in [0, 0.1) is 0 Å². The molecule has 1 aliphatic carbocycles. The van der Waals surface area contributed by atoms with Crippen LogP contribution in [-0.2, 0) is 6.42 Å². The molecule has 14 rings (SSSR count). The molecule has 324 valence electrons. The van der Waals surface area contributed by atoms with Gasteiger partial charge < -0.3 is 13.3 Å². The fourth-order valence-electron chi connectivity index (χ4n) is 10.8. The number of hydrogen-bond acceptors (Lipinski definition) is 3. The van der Waals surface area contributed by atoms with Gasteiger partial charge in [0.2, 0.25) is 0 Å². The second-order valence-corrected chi connectivity index (χ2v) is 18.2. The van der Waals surface area contributed by atoms with Gasteiger partial charge in [0.25, 0.3) is 0 Å². The molecule has 13 aromatic rings. The first-order chi connectivity index (χ1) is 34.2. The Kier molecular flexibility index (Phi) is 9.03. The van der Waals surface area contributed by atoms with Gasteiger partial charge in [-0.2, -0.15) is 0 Å². The summed E-state index contributed by atoms with van der Waals surface area (Å²) < 4.78 is 19.0. The molecule has 0 radical (unpaired) electrons. The lowest BCUT2D eigenvalue weighted by atomic mass is 9.87. The number of aryl methyl sites for hydroxylation is 1. The summed E-state index contributed by atoms with van der Waals surface area (Å²) in [5.41, 5.74) is 22.2. The van der Waals surface area contributed by atoms with Gasteiger partial charge in [-0.1, -0.05) is 182 Å². The molecule has 0 saturated heterocycles. The second-order valence-electron chi connectivity index (χ2n) is 18.2. The van der Waals surface area contributed by atoms with Gasteiger partial charge in [-0.3, -0.25) is 0 Å². The summed E-state index contributed by atoms with van der Waals surface area (Å²) in [4.78, 5) is 0. The van der Waals surface area contributed by atoms with Crippen molar-refractivity contribution < 1.29 is 13.3 Å². The van der Waals surface area contributed by atoms with E-state index in [0.717, 1.165) is 79.2 Å². The maximum absolute atomic E-state index is 6.52. The Balaban J connectivity index is 0.782. The predicted molar refractivity (Wildman–Crippen MR) is 286 cm³/mol. The van der Waals surface area contributed by atoms with Gasteiger partial charge in [0.1, 0.15) is 33.7 Å². The fourth-order valence-corrected chi connectivity index (χ4v) is 10.8. The lowest BCUT2D eigenvalue weighted by molar-refractivity contribution is 0.595. The molecule has 0 unspecified atom stereocenters. The highest BCUT2D eigenvalue weighted by Crippen LogP contribution is 2.45. The number of rotatable bonds is 7. The van der Waals surface area contributed by atoms with Crippen molar-refractivity contribution in [2.45, 2.75) is 12.8 Å². The summed E-state index contributed by atoms with van der Waals surface area (Å²) in [5, 5.41) is 5.77. The van der Waals surface area contributed by atoms with Crippen molar-refractivity contribution in [2.24, 2.45) is 0 Å². The summed E-state index contributed by atoms with van der Waals surface area (Å²) in [6.07, 6.45) is 6.32. The zero-order chi connectivity index (χ0) is 45.4. The van der Waals surface area contributed by atoms with Crippen molar-refractivity contribution in [3.05, 3.63) is 236 Å². The minimum Gasteiger partial charge on any atom is -0.456 e. The largest absolute Gasteiger partial charge is 0.456 e. The Labute approximate surface area is 398 Å². The van der Waals surface area contributed by atoms with E-state index in [-0.39, 0.29) is 0 Å². The summed E-state index contributed by atoms with van der Waals surface area (Å²) in [6, 6.07) is 78.5. The third-order valence-electron chi connectivity index (χ3n) is 14.2. The van der Waals surface area contributed by atoms with Crippen molar-refractivity contribution >= 4 is 60.9 Å². The number of para-hydroxylation sites is 3. The second kappa shape index (κ2) is 15.9. The first-order valence-electron chi connectivity index (χ1n) is 23.8. The van der Waals surface area contributed by atoms with Crippen LogP contribution >= 0.6 is 0 Å². The molecular weight excluding hydrogens is 841 g/mol. The first kappa shape index (κ1) is 39.3. The van der Waals surface area contributed by atoms with Gasteiger partial charge in [0, 0.05) is 43.6 Å². The van der Waals surface area contributed by atoms with E-state index in [1.807, 2.05) is 24.3 Å². The fraction of sp³-hybridized carbons (Fsp3) is 0.0303.